The van der Waals surface area contributed by atoms with Gasteiger partial charge in [-0.15, -0.1) is 0 Å². The van der Waals surface area contributed by atoms with Crippen molar-refractivity contribution in [2.75, 3.05) is 14.1 Å². The summed E-state index contributed by atoms with van der Waals surface area (Å²) in [5.41, 5.74) is -1.07. The molecule has 0 spiro atoms. The van der Waals surface area contributed by atoms with Crippen LogP contribution in [0.15, 0.2) is 0 Å². The normalized spacial score (nSPS) is 32.9. The summed E-state index contributed by atoms with van der Waals surface area (Å²) in [6.07, 6.45) is 4.03. The number of carbonyl (C=O) groups excluding carboxylic acids is 3. The zero-order valence-corrected chi connectivity index (χ0v) is 31.5. The standard InChI is InChI=1S/C37H65N3O6/c1-32(2)17-23(18-33(3,4)38-32)44-29(41)26-15-16-27(30(42)45-24-19-34(5,6)39(13)35(7,8)20-24)28(26)31(43)46-25-21-36(9,10)40(14)37(11,12)22-25/h23-28,38H,15-22H2,1-14H3. The fourth-order valence-corrected chi connectivity index (χ4v) is 9.64. The smallest absolute Gasteiger partial charge is 0.310 e. The number of hydrogen-bond donors (Lipinski definition) is 1. The van der Waals surface area contributed by atoms with Crippen LogP contribution < -0.4 is 5.32 Å². The molecule has 1 saturated carbocycles. The maximum atomic E-state index is 14.2. The SMILES string of the molecule is CN1C(C)(C)CC(OC(=O)C2CCC(C(=O)OC3CC(C)(C)NC(C)(C)C3)C2C(=O)OC2CC(C)(C)N(C)C(C)(C)C2)CC1(C)C. The fourth-order valence-electron chi connectivity index (χ4n) is 9.64. The molecule has 9 nitrogen and oxygen atoms in total. The number of esters is 3. The van der Waals surface area contributed by atoms with Crippen molar-refractivity contribution in [3.05, 3.63) is 0 Å². The van der Waals surface area contributed by atoms with E-state index in [1.165, 1.54) is 0 Å². The van der Waals surface area contributed by atoms with Crippen LogP contribution in [0.3, 0.4) is 0 Å². The second kappa shape index (κ2) is 12.3. The fraction of sp³-hybridized carbons (Fsp3) is 0.919. The van der Waals surface area contributed by atoms with Crippen LogP contribution in [0, 0.1) is 17.8 Å². The van der Waals surface area contributed by atoms with Gasteiger partial charge in [0.05, 0.1) is 17.8 Å². The Balaban J connectivity index is 1.56. The summed E-state index contributed by atoms with van der Waals surface area (Å²) in [5, 5.41) is 3.64. The van der Waals surface area contributed by atoms with Gasteiger partial charge in [-0.25, -0.2) is 0 Å². The van der Waals surface area contributed by atoms with Crippen LogP contribution in [-0.2, 0) is 28.6 Å². The molecule has 264 valence electrons. The molecule has 0 aromatic carbocycles. The highest BCUT2D eigenvalue weighted by Crippen LogP contribution is 2.45. The molecule has 3 unspecified atom stereocenters. The minimum atomic E-state index is -0.930. The number of likely N-dealkylation sites (tertiary alicyclic amines) is 2. The highest BCUT2D eigenvalue weighted by atomic mass is 16.6. The maximum absolute atomic E-state index is 14.2. The second-order valence-corrected chi connectivity index (χ2v) is 19.0. The molecule has 1 N–H and O–H groups in total. The van der Waals surface area contributed by atoms with Crippen LogP contribution in [0.2, 0.25) is 0 Å². The van der Waals surface area contributed by atoms with Crippen molar-refractivity contribution in [1.82, 2.24) is 15.1 Å². The zero-order valence-electron chi connectivity index (χ0n) is 31.5. The van der Waals surface area contributed by atoms with Crippen molar-refractivity contribution < 1.29 is 28.6 Å². The lowest BCUT2D eigenvalue weighted by molar-refractivity contribution is -0.179. The van der Waals surface area contributed by atoms with Crippen molar-refractivity contribution in [3.8, 4) is 0 Å². The molecule has 4 rings (SSSR count). The van der Waals surface area contributed by atoms with Gasteiger partial charge in [0.15, 0.2) is 0 Å². The molecule has 3 saturated heterocycles. The number of piperidine rings is 3. The van der Waals surface area contributed by atoms with Crippen molar-refractivity contribution in [1.29, 1.82) is 0 Å². The van der Waals surface area contributed by atoms with Crippen molar-refractivity contribution in [2.24, 2.45) is 17.8 Å². The lowest BCUT2D eigenvalue weighted by atomic mass is 9.78. The first-order valence-electron chi connectivity index (χ1n) is 17.6. The lowest BCUT2D eigenvalue weighted by Gasteiger charge is -2.53. The molecule has 0 aromatic rings. The summed E-state index contributed by atoms with van der Waals surface area (Å²) in [5.74, 6) is -3.70. The molecule has 3 heterocycles. The average Bonchev–Trinajstić information content (AvgIpc) is 3.29. The number of hydrogen-bond acceptors (Lipinski definition) is 9. The van der Waals surface area contributed by atoms with Crippen LogP contribution in [0.5, 0.6) is 0 Å². The van der Waals surface area contributed by atoms with Gasteiger partial charge >= 0.3 is 17.9 Å². The molecule has 3 aliphatic heterocycles. The number of carbonyl (C=O) groups is 3. The molecule has 0 radical (unpaired) electrons. The largest absolute Gasteiger partial charge is 0.462 e. The minimum Gasteiger partial charge on any atom is -0.462 e. The first-order chi connectivity index (χ1) is 20.8. The number of nitrogens with one attached hydrogen (secondary N) is 1. The van der Waals surface area contributed by atoms with E-state index in [2.05, 4.69) is 112 Å². The average molecular weight is 648 g/mol. The van der Waals surface area contributed by atoms with E-state index in [9.17, 15) is 14.4 Å². The van der Waals surface area contributed by atoms with Gasteiger partial charge in [-0.3, -0.25) is 24.2 Å². The van der Waals surface area contributed by atoms with Crippen LogP contribution >= 0.6 is 0 Å². The van der Waals surface area contributed by atoms with E-state index < -0.39 is 35.7 Å². The van der Waals surface area contributed by atoms with Crippen molar-refractivity contribution in [2.45, 2.75) is 186 Å². The molecular weight excluding hydrogens is 582 g/mol. The Labute approximate surface area is 279 Å². The van der Waals surface area contributed by atoms with E-state index >= 15 is 0 Å². The van der Waals surface area contributed by atoms with Crippen LogP contribution in [-0.4, -0.2) is 93.3 Å². The summed E-state index contributed by atoms with van der Waals surface area (Å²) < 4.78 is 18.7. The van der Waals surface area contributed by atoms with E-state index in [0.717, 1.165) is 0 Å². The van der Waals surface area contributed by atoms with Crippen molar-refractivity contribution >= 4 is 17.9 Å². The summed E-state index contributed by atoms with van der Waals surface area (Å²) in [7, 11) is 4.23. The highest BCUT2D eigenvalue weighted by molar-refractivity contribution is 5.88. The summed E-state index contributed by atoms with van der Waals surface area (Å²) >= 11 is 0. The quantitative estimate of drug-likeness (QED) is 0.280. The first-order valence-corrected chi connectivity index (χ1v) is 17.6. The third-order valence-corrected chi connectivity index (χ3v) is 12.1. The van der Waals surface area contributed by atoms with Crippen LogP contribution in [0.1, 0.15) is 134 Å². The van der Waals surface area contributed by atoms with E-state index in [0.29, 0.717) is 51.4 Å². The Hall–Kier alpha value is -1.71. The number of rotatable bonds is 6. The van der Waals surface area contributed by atoms with Gasteiger partial charge < -0.3 is 19.5 Å². The van der Waals surface area contributed by atoms with E-state index in [4.69, 9.17) is 14.2 Å². The number of ether oxygens (including phenoxy) is 3. The monoisotopic (exact) mass is 647 g/mol. The summed E-state index contributed by atoms with van der Waals surface area (Å²) in [6.45, 7) is 25.8. The molecule has 0 aromatic heterocycles. The zero-order chi connectivity index (χ0) is 34.8. The molecule has 4 fully saturated rings. The van der Waals surface area contributed by atoms with Gasteiger partial charge in [-0.2, -0.15) is 0 Å². The molecule has 9 heteroatoms. The maximum Gasteiger partial charge on any atom is 0.310 e. The van der Waals surface area contributed by atoms with Gasteiger partial charge in [-0.05, 0) is 110 Å². The third-order valence-electron chi connectivity index (χ3n) is 12.1. The van der Waals surface area contributed by atoms with Gasteiger partial charge in [0.2, 0.25) is 0 Å². The van der Waals surface area contributed by atoms with Gasteiger partial charge in [0.1, 0.15) is 18.3 Å². The predicted molar refractivity (Wildman–Crippen MR) is 180 cm³/mol. The van der Waals surface area contributed by atoms with Crippen LogP contribution in [0.4, 0.5) is 0 Å². The minimum absolute atomic E-state index is 0.156. The van der Waals surface area contributed by atoms with E-state index in [1.54, 1.807) is 0 Å². The Morgan fingerprint density at radius 2 is 0.783 bits per heavy atom. The third kappa shape index (κ3) is 7.94. The first kappa shape index (κ1) is 37.1. The van der Waals surface area contributed by atoms with Gasteiger partial charge in [0.25, 0.3) is 0 Å². The van der Waals surface area contributed by atoms with E-state index in [-0.39, 0.29) is 51.5 Å². The highest BCUT2D eigenvalue weighted by Gasteiger charge is 2.54. The molecule has 46 heavy (non-hydrogen) atoms. The molecular formula is C37H65N3O6. The second-order valence-electron chi connectivity index (χ2n) is 19.0. The Bertz CT molecular complexity index is 1120. The van der Waals surface area contributed by atoms with Gasteiger partial charge in [0, 0.05) is 71.8 Å². The Morgan fingerprint density at radius 3 is 1.11 bits per heavy atom. The molecule has 4 aliphatic rings. The molecule has 1 aliphatic carbocycles. The molecule has 0 amide bonds. The van der Waals surface area contributed by atoms with Gasteiger partial charge in [-0.1, -0.05) is 0 Å². The topological polar surface area (TPSA) is 97.4 Å². The number of nitrogens with zero attached hydrogens (tertiary/aromatic N) is 2. The van der Waals surface area contributed by atoms with E-state index in [1.807, 2.05) is 0 Å². The van der Waals surface area contributed by atoms with Crippen molar-refractivity contribution in [3.63, 3.8) is 0 Å². The molecule has 3 atom stereocenters. The summed E-state index contributed by atoms with van der Waals surface area (Å²) in [6, 6.07) is 0. The molecule has 0 bridgehead atoms. The predicted octanol–water partition coefficient (Wildman–Crippen LogP) is 5.87. The lowest BCUT2D eigenvalue weighted by Crippen LogP contribution is -2.61. The van der Waals surface area contributed by atoms with Crippen LogP contribution in [0.25, 0.3) is 0 Å². The Morgan fingerprint density at radius 1 is 0.500 bits per heavy atom. The Kier molecular flexibility index (Phi) is 9.94. The summed E-state index contributed by atoms with van der Waals surface area (Å²) in [4.78, 5) is 46.8.